The molecular weight excluding hydrogens is 351 g/mol. The number of nitrogen functional groups attached to an aromatic ring is 1. The average molecular weight is 363 g/mol. The van der Waals surface area contributed by atoms with Crippen LogP contribution in [0.1, 0.15) is 0 Å². The fourth-order valence-electron chi connectivity index (χ4n) is 1.56. The summed E-state index contributed by atoms with van der Waals surface area (Å²) in [6.45, 7) is 0.515. The highest BCUT2D eigenvalue weighted by molar-refractivity contribution is 9.10. The van der Waals surface area contributed by atoms with E-state index in [4.69, 9.17) is 5.73 Å². The molecule has 0 unspecified atom stereocenters. The molecule has 0 aliphatic rings. The van der Waals surface area contributed by atoms with E-state index in [1.165, 1.54) is 0 Å². The first-order valence-electron chi connectivity index (χ1n) is 5.60. The van der Waals surface area contributed by atoms with Gasteiger partial charge in [0.1, 0.15) is 10.7 Å². The summed E-state index contributed by atoms with van der Waals surface area (Å²) in [5.41, 5.74) is 5.73. The fourth-order valence-corrected chi connectivity index (χ4v) is 2.99. The van der Waals surface area contributed by atoms with Gasteiger partial charge in [0.05, 0.1) is 6.33 Å². The standard InChI is InChI=1S/C11H12BrFN4O2S/c12-8-5-9(13)11(6-10(8)14)20(18,19)16-2-4-17-3-1-15-7-17/h1,3,5-7,16H,2,4,14H2. The minimum Gasteiger partial charge on any atom is -0.398 e. The van der Waals surface area contributed by atoms with Gasteiger partial charge in [0.25, 0.3) is 0 Å². The molecule has 9 heteroatoms. The molecule has 2 aromatic rings. The predicted octanol–water partition coefficient (Wildman–Crippen LogP) is 1.35. The number of benzene rings is 1. The smallest absolute Gasteiger partial charge is 0.243 e. The monoisotopic (exact) mass is 362 g/mol. The third-order valence-electron chi connectivity index (χ3n) is 2.56. The molecule has 0 radical (unpaired) electrons. The Morgan fingerprint density at radius 1 is 1.45 bits per heavy atom. The number of imidazole rings is 1. The molecule has 0 spiro atoms. The highest BCUT2D eigenvalue weighted by Crippen LogP contribution is 2.25. The van der Waals surface area contributed by atoms with Crippen molar-refractivity contribution in [3.63, 3.8) is 0 Å². The van der Waals surface area contributed by atoms with Crippen LogP contribution in [0.5, 0.6) is 0 Å². The molecular formula is C11H12BrFN4O2S. The van der Waals surface area contributed by atoms with Gasteiger partial charge in [0.2, 0.25) is 10.0 Å². The van der Waals surface area contributed by atoms with Crippen molar-refractivity contribution in [1.82, 2.24) is 14.3 Å². The van der Waals surface area contributed by atoms with Gasteiger partial charge in [0.15, 0.2) is 0 Å². The van der Waals surface area contributed by atoms with Crippen LogP contribution >= 0.6 is 15.9 Å². The van der Waals surface area contributed by atoms with Crippen LogP contribution in [-0.2, 0) is 16.6 Å². The number of hydrogen-bond donors (Lipinski definition) is 2. The first kappa shape index (κ1) is 14.9. The maximum absolute atomic E-state index is 13.7. The number of sulfonamides is 1. The molecule has 1 aromatic heterocycles. The molecule has 0 saturated carbocycles. The Morgan fingerprint density at radius 2 is 2.20 bits per heavy atom. The fraction of sp³-hybridized carbons (Fsp3) is 0.182. The van der Waals surface area contributed by atoms with Gasteiger partial charge in [-0.05, 0) is 28.1 Å². The largest absolute Gasteiger partial charge is 0.398 e. The molecule has 0 bridgehead atoms. The molecule has 3 N–H and O–H groups in total. The van der Waals surface area contributed by atoms with E-state index in [1.807, 2.05) is 0 Å². The van der Waals surface area contributed by atoms with Gasteiger partial charge >= 0.3 is 0 Å². The van der Waals surface area contributed by atoms with Crippen molar-refractivity contribution in [2.24, 2.45) is 0 Å². The molecule has 20 heavy (non-hydrogen) atoms. The lowest BCUT2D eigenvalue weighted by Gasteiger charge is -2.09. The molecule has 6 nitrogen and oxygen atoms in total. The maximum Gasteiger partial charge on any atom is 0.243 e. The Bertz CT molecular complexity index is 703. The molecule has 2 rings (SSSR count). The summed E-state index contributed by atoms with van der Waals surface area (Å²) in [5.74, 6) is -0.860. The molecule has 0 amide bonds. The maximum atomic E-state index is 13.7. The van der Waals surface area contributed by atoms with Crippen molar-refractivity contribution >= 4 is 31.6 Å². The second kappa shape index (κ2) is 5.90. The zero-order chi connectivity index (χ0) is 14.8. The highest BCUT2D eigenvalue weighted by atomic mass is 79.9. The first-order valence-corrected chi connectivity index (χ1v) is 7.87. The minimum atomic E-state index is -3.94. The van der Waals surface area contributed by atoms with E-state index in [2.05, 4.69) is 25.6 Å². The average Bonchev–Trinajstić information content (AvgIpc) is 2.86. The number of nitrogens with one attached hydrogen (secondary N) is 1. The van der Waals surface area contributed by atoms with E-state index in [0.29, 0.717) is 11.0 Å². The summed E-state index contributed by atoms with van der Waals surface area (Å²) in [4.78, 5) is 3.37. The van der Waals surface area contributed by atoms with Gasteiger partial charge in [-0.2, -0.15) is 0 Å². The molecule has 0 fully saturated rings. The van der Waals surface area contributed by atoms with E-state index >= 15 is 0 Å². The Balaban J connectivity index is 2.12. The van der Waals surface area contributed by atoms with Crippen LogP contribution < -0.4 is 10.5 Å². The van der Waals surface area contributed by atoms with Gasteiger partial charge in [-0.15, -0.1) is 0 Å². The van der Waals surface area contributed by atoms with E-state index in [9.17, 15) is 12.8 Å². The zero-order valence-electron chi connectivity index (χ0n) is 10.3. The summed E-state index contributed by atoms with van der Waals surface area (Å²) in [6, 6.07) is 2.11. The van der Waals surface area contributed by atoms with Crippen molar-refractivity contribution in [1.29, 1.82) is 0 Å². The first-order chi connectivity index (χ1) is 9.40. The number of halogens is 2. The third-order valence-corrected chi connectivity index (χ3v) is 4.72. The minimum absolute atomic E-state index is 0.119. The van der Waals surface area contributed by atoms with Crippen LogP contribution in [-0.4, -0.2) is 24.5 Å². The molecule has 0 atom stereocenters. The molecule has 0 aliphatic heterocycles. The lowest BCUT2D eigenvalue weighted by atomic mass is 10.3. The van der Waals surface area contributed by atoms with E-state index in [1.54, 1.807) is 23.3 Å². The summed E-state index contributed by atoms with van der Waals surface area (Å²) >= 11 is 3.04. The van der Waals surface area contributed by atoms with Crippen molar-refractivity contribution in [2.45, 2.75) is 11.4 Å². The second-order valence-electron chi connectivity index (χ2n) is 4.00. The third kappa shape index (κ3) is 3.35. The second-order valence-corrected chi connectivity index (χ2v) is 6.59. The van der Waals surface area contributed by atoms with Crippen molar-refractivity contribution < 1.29 is 12.8 Å². The number of nitrogens with two attached hydrogens (primary N) is 1. The predicted molar refractivity (Wildman–Crippen MR) is 75.9 cm³/mol. The van der Waals surface area contributed by atoms with E-state index in [0.717, 1.165) is 12.1 Å². The molecule has 1 heterocycles. The Hall–Kier alpha value is -1.45. The molecule has 108 valence electrons. The summed E-state index contributed by atoms with van der Waals surface area (Å²) in [5, 5.41) is 0. The number of hydrogen-bond acceptors (Lipinski definition) is 4. The van der Waals surface area contributed by atoms with E-state index < -0.39 is 20.7 Å². The van der Waals surface area contributed by atoms with Crippen molar-refractivity contribution in [3.05, 3.63) is 41.1 Å². The van der Waals surface area contributed by atoms with Crippen LogP contribution in [0.3, 0.4) is 0 Å². The highest BCUT2D eigenvalue weighted by Gasteiger charge is 2.20. The topological polar surface area (TPSA) is 90.0 Å². The molecule has 1 aromatic carbocycles. The van der Waals surface area contributed by atoms with E-state index in [-0.39, 0.29) is 12.2 Å². The molecule has 0 saturated heterocycles. The van der Waals surface area contributed by atoms with Gasteiger partial charge in [0, 0.05) is 35.6 Å². The number of rotatable bonds is 5. The number of nitrogens with zero attached hydrogens (tertiary/aromatic N) is 2. The van der Waals surface area contributed by atoms with Crippen LogP contribution in [0.25, 0.3) is 0 Å². The Morgan fingerprint density at radius 3 is 2.85 bits per heavy atom. The summed E-state index contributed by atoms with van der Waals surface area (Å²) in [6.07, 6.45) is 4.85. The van der Waals surface area contributed by atoms with Gasteiger partial charge in [-0.25, -0.2) is 22.5 Å². The number of anilines is 1. The summed E-state index contributed by atoms with van der Waals surface area (Å²) in [7, 11) is -3.94. The van der Waals surface area contributed by atoms with Crippen molar-refractivity contribution in [2.75, 3.05) is 12.3 Å². The quantitative estimate of drug-likeness (QED) is 0.785. The lowest BCUT2D eigenvalue weighted by Crippen LogP contribution is -2.28. The van der Waals surface area contributed by atoms with Crippen LogP contribution in [0.4, 0.5) is 10.1 Å². The normalized spacial score (nSPS) is 11.7. The van der Waals surface area contributed by atoms with Crippen LogP contribution in [0.15, 0.2) is 40.2 Å². The number of aromatic nitrogens is 2. The Kier molecular flexibility index (Phi) is 4.41. The van der Waals surface area contributed by atoms with Crippen LogP contribution in [0, 0.1) is 5.82 Å². The zero-order valence-corrected chi connectivity index (χ0v) is 12.7. The SMILES string of the molecule is Nc1cc(S(=O)(=O)NCCn2ccnc2)c(F)cc1Br. The van der Waals surface area contributed by atoms with Gasteiger partial charge < -0.3 is 10.3 Å². The van der Waals surface area contributed by atoms with Gasteiger partial charge in [-0.3, -0.25) is 0 Å². The van der Waals surface area contributed by atoms with Crippen LogP contribution in [0.2, 0.25) is 0 Å². The Labute approximate surface area is 124 Å². The summed E-state index contributed by atoms with van der Waals surface area (Å²) < 4.78 is 42.0. The van der Waals surface area contributed by atoms with Gasteiger partial charge in [-0.1, -0.05) is 0 Å². The molecule has 0 aliphatic carbocycles. The van der Waals surface area contributed by atoms with Crippen molar-refractivity contribution in [3.8, 4) is 0 Å². The lowest BCUT2D eigenvalue weighted by molar-refractivity contribution is 0.551.